The van der Waals surface area contributed by atoms with Crippen LogP contribution in [0.1, 0.15) is 67.4 Å². The van der Waals surface area contributed by atoms with Crippen LogP contribution in [-0.4, -0.2) is 47.1 Å². The number of hydrogen-bond donors (Lipinski definition) is 2. The van der Waals surface area contributed by atoms with Gasteiger partial charge in [-0.25, -0.2) is 4.98 Å². The van der Waals surface area contributed by atoms with Gasteiger partial charge in [-0.15, -0.1) is 11.3 Å². The number of ketones is 1. The van der Waals surface area contributed by atoms with Crippen molar-refractivity contribution in [3.05, 3.63) is 28.2 Å². The van der Waals surface area contributed by atoms with E-state index in [2.05, 4.69) is 22.0 Å². The van der Waals surface area contributed by atoms with E-state index in [0.717, 1.165) is 45.3 Å². The third-order valence-electron chi connectivity index (χ3n) is 9.14. The Labute approximate surface area is 199 Å². The van der Waals surface area contributed by atoms with Gasteiger partial charge in [0.2, 0.25) is 11.8 Å². The Kier molecular flexibility index (Phi) is 5.52. The first-order valence-electron chi connectivity index (χ1n) is 12.2. The Bertz CT molecular complexity index is 1010. The molecule has 4 N–H and O–H groups in total. The summed E-state index contributed by atoms with van der Waals surface area (Å²) < 4.78 is 0. The molecule has 7 nitrogen and oxygen atoms in total. The standard InChI is InChI=1S/C25H34N4O3S/c1-16(30)17-15-33-20(28-17)14-25(22(27)32)19-7-6-18(23(19)9-10-23)24(25,21(26)31)8-2-3-11-29-12-4-5-13-29/h6-7,15,18-19H,2-5,8-14H2,1H3,(H2,26,31)(H2,27,32)/t18-,19+,24+,25+/m1/s1. The number of nitrogens with zero attached hydrogens (tertiary/aromatic N) is 2. The lowest BCUT2D eigenvalue weighted by atomic mass is 9.53. The van der Waals surface area contributed by atoms with Crippen LogP contribution in [0.2, 0.25) is 0 Å². The van der Waals surface area contributed by atoms with Gasteiger partial charge in [0.1, 0.15) is 5.69 Å². The average Bonchev–Trinajstić information content (AvgIpc) is 3.12. The van der Waals surface area contributed by atoms with Crippen molar-refractivity contribution in [1.29, 1.82) is 0 Å². The SMILES string of the molecule is CC(=O)c1csc(C[C@@]2(C(N)=O)[C@H]3C=C[C@H](C34CC4)[C@@]2(CCCCN2CCCC2)C(N)=O)n1. The Balaban J connectivity index is 1.50. The monoisotopic (exact) mass is 470 g/mol. The van der Waals surface area contributed by atoms with Gasteiger partial charge in [-0.1, -0.05) is 18.6 Å². The number of nitrogens with two attached hydrogens (primary N) is 2. The summed E-state index contributed by atoms with van der Waals surface area (Å²) in [5.41, 5.74) is 10.6. The zero-order valence-electron chi connectivity index (χ0n) is 19.3. The fourth-order valence-electron chi connectivity index (χ4n) is 7.57. The fourth-order valence-corrected chi connectivity index (χ4v) is 8.50. The number of carbonyl (C=O) groups excluding carboxylic acids is 3. The second-order valence-electron chi connectivity index (χ2n) is 10.6. The number of primary amides is 2. The minimum absolute atomic E-state index is 0.0565. The van der Waals surface area contributed by atoms with Gasteiger partial charge in [-0.2, -0.15) is 0 Å². The Morgan fingerprint density at radius 1 is 1.06 bits per heavy atom. The second kappa shape index (κ2) is 8.01. The lowest BCUT2D eigenvalue weighted by Gasteiger charge is -2.47. The van der Waals surface area contributed by atoms with Gasteiger partial charge in [0.15, 0.2) is 5.78 Å². The zero-order valence-corrected chi connectivity index (χ0v) is 20.2. The van der Waals surface area contributed by atoms with Crippen LogP contribution in [0, 0.1) is 28.1 Å². The molecule has 4 atom stereocenters. The van der Waals surface area contributed by atoms with Crippen molar-refractivity contribution in [2.24, 2.45) is 39.5 Å². The molecule has 1 saturated heterocycles. The molecule has 2 bridgehead atoms. The molecule has 2 saturated carbocycles. The van der Waals surface area contributed by atoms with Crippen LogP contribution in [0.3, 0.4) is 0 Å². The number of carbonyl (C=O) groups is 3. The highest BCUT2D eigenvalue weighted by atomic mass is 32.1. The van der Waals surface area contributed by atoms with E-state index in [4.69, 9.17) is 11.5 Å². The lowest BCUT2D eigenvalue weighted by molar-refractivity contribution is -0.151. The first-order valence-corrected chi connectivity index (χ1v) is 13.1. The lowest BCUT2D eigenvalue weighted by Crippen LogP contribution is -2.60. The Hall–Kier alpha value is -2.06. The molecule has 0 unspecified atom stereocenters. The van der Waals surface area contributed by atoms with Gasteiger partial charge in [-0.3, -0.25) is 14.4 Å². The van der Waals surface area contributed by atoms with Gasteiger partial charge in [0.05, 0.1) is 15.8 Å². The molecule has 1 aromatic heterocycles. The normalized spacial score (nSPS) is 33.7. The highest BCUT2D eigenvalue weighted by Gasteiger charge is 2.82. The first-order chi connectivity index (χ1) is 15.8. The third kappa shape index (κ3) is 3.16. The van der Waals surface area contributed by atoms with Crippen LogP contribution in [-0.2, 0) is 16.0 Å². The van der Waals surface area contributed by atoms with Crippen molar-refractivity contribution in [2.45, 2.75) is 58.3 Å². The van der Waals surface area contributed by atoms with E-state index in [9.17, 15) is 14.4 Å². The van der Waals surface area contributed by atoms with E-state index < -0.39 is 22.6 Å². The third-order valence-corrected chi connectivity index (χ3v) is 9.98. The molecule has 1 spiro atoms. The number of allylic oxidation sites excluding steroid dienone is 2. The molecule has 178 valence electrons. The number of rotatable bonds is 10. The predicted molar refractivity (Wildman–Crippen MR) is 126 cm³/mol. The van der Waals surface area contributed by atoms with Crippen LogP contribution in [0.25, 0.3) is 0 Å². The summed E-state index contributed by atoms with van der Waals surface area (Å²) >= 11 is 1.36. The quantitative estimate of drug-likeness (QED) is 0.309. The molecule has 1 aromatic rings. The van der Waals surface area contributed by atoms with Gasteiger partial charge >= 0.3 is 0 Å². The summed E-state index contributed by atoms with van der Waals surface area (Å²) in [5, 5.41) is 2.41. The Morgan fingerprint density at radius 2 is 1.70 bits per heavy atom. The van der Waals surface area contributed by atoms with Crippen molar-refractivity contribution in [2.75, 3.05) is 19.6 Å². The topological polar surface area (TPSA) is 119 Å². The van der Waals surface area contributed by atoms with E-state index in [1.54, 1.807) is 5.38 Å². The van der Waals surface area contributed by atoms with Crippen molar-refractivity contribution >= 4 is 28.9 Å². The highest BCUT2D eigenvalue weighted by molar-refractivity contribution is 7.09. The maximum Gasteiger partial charge on any atom is 0.225 e. The molecule has 8 heteroatoms. The number of amides is 2. The van der Waals surface area contributed by atoms with Crippen LogP contribution in [0.4, 0.5) is 0 Å². The van der Waals surface area contributed by atoms with Crippen molar-refractivity contribution in [1.82, 2.24) is 9.88 Å². The molecule has 2 amide bonds. The molecule has 4 aliphatic rings. The summed E-state index contributed by atoms with van der Waals surface area (Å²) in [7, 11) is 0. The maximum absolute atomic E-state index is 13.4. The number of aromatic nitrogens is 1. The van der Waals surface area contributed by atoms with E-state index >= 15 is 0 Å². The summed E-state index contributed by atoms with van der Waals surface area (Å²) in [4.78, 5) is 45.6. The summed E-state index contributed by atoms with van der Waals surface area (Å²) in [6.07, 6.45) is 11.4. The molecule has 5 rings (SSSR count). The molecule has 0 radical (unpaired) electrons. The summed E-state index contributed by atoms with van der Waals surface area (Å²) in [6, 6.07) is 0. The molecule has 3 aliphatic carbocycles. The van der Waals surface area contributed by atoms with Crippen LogP contribution in [0.15, 0.2) is 17.5 Å². The van der Waals surface area contributed by atoms with Crippen LogP contribution < -0.4 is 11.5 Å². The second-order valence-corrected chi connectivity index (χ2v) is 11.6. The van der Waals surface area contributed by atoms with Crippen LogP contribution in [0.5, 0.6) is 0 Å². The molecule has 0 aromatic carbocycles. The van der Waals surface area contributed by atoms with E-state index in [1.165, 1.54) is 31.1 Å². The smallest absolute Gasteiger partial charge is 0.225 e. The van der Waals surface area contributed by atoms with Gasteiger partial charge in [-0.05, 0) is 75.4 Å². The van der Waals surface area contributed by atoms with Crippen molar-refractivity contribution in [3.63, 3.8) is 0 Å². The zero-order chi connectivity index (χ0) is 23.4. The van der Waals surface area contributed by atoms with Crippen LogP contribution >= 0.6 is 11.3 Å². The fraction of sp³-hybridized carbons (Fsp3) is 0.680. The first kappa shape index (κ1) is 22.7. The number of hydrogen-bond acceptors (Lipinski definition) is 6. The summed E-state index contributed by atoms with van der Waals surface area (Å²) in [5.74, 6) is -1.14. The molecule has 3 fully saturated rings. The van der Waals surface area contributed by atoms with Crippen molar-refractivity contribution < 1.29 is 14.4 Å². The molecule has 1 aliphatic heterocycles. The number of unbranched alkanes of at least 4 members (excludes halogenated alkanes) is 1. The minimum Gasteiger partial charge on any atom is -0.369 e. The van der Waals surface area contributed by atoms with Gasteiger partial charge in [0.25, 0.3) is 0 Å². The van der Waals surface area contributed by atoms with E-state index in [0.29, 0.717) is 17.1 Å². The van der Waals surface area contributed by atoms with E-state index in [-0.39, 0.29) is 29.5 Å². The molecular weight excluding hydrogens is 436 g/mol. The molecule has 2 heterocycles. The average molecular weight is 471 g/mol. The van der Waals surface area contributed by atoms with E-state index in [1.807, 2.05) is 0 Å². The number of Topliss-reactive ketones (excluding diaryl/α,β-unsaturated/α-hetero) is 1. The largest absolute Gasteiger partial charge is 0.369 e. The maximum atomic E-state index is 13.4. The highest BCUT2D eigenvalue weighted by Crippen LogP contribution is 2.81. The molecular formula is C25H34N4O3S. The Morgan fingerprint density at radius 3 is 2.24 bits per heavy atom. The number of thiazole rings is 1. The minimum atomic E-state index is -1.10. The van der Waals surface area contributed by atoms with Gasteiger partial charge < -0.3 is 16.4 Å². The number of likely N-dealkylation sites (tertiary alicyclic amines) is 1. The summed E-state index contributed by atoms with van der Waals surface area (Å²) in [6.45, 7) is 4.79. The predicted octanol–water partition coefficient (Wildman–Crippen LogP) is 2.69. The van der Waals surface area contributed by atoms with Gasteiger partial charge in [0, 0.05) is 18.7 Å². The molecule has 33 heavy (non-hydrogen) atoms. The van der Waals surface area contributed by atoms with Crippen molar-refractivity contribution in [3.8, 4) is 0 Å².